The van der Waals surface area contributed by atoms with Crippen molar-refractivity contribution in [2.75, 3.05) is 27.2 Å². The zero-order valence-corrected chi connectivity index (χ0v) is 9.60. The summed E-state index contributed by atoms with van der Waals surface area (Å²) in [4.78, 5) is 0. The van der Waals surface area contributed by atoms with Crippen molar-refractivity contribution < 1.29 is 8.42 Å². The Bertz CT molecular complexity index is 277. The molecule has 0 unspecified atom stereocenters. The second-order valence-electron chi connectivity index (χ2n) is 4.17. The second-order valence-corrected chi connectivity index (χ2v) is 6.14. The molecule has 0 bridgehead atoms. The van der Waals surface area contributed by atoms with E-state index in [1.807, 2.05) is 0 Å². The first-order valence-electron chi connectivity index (χ1n) is 4.79. The smallest absolute Gasteiger partial charge is 0.278 e. The summed E-state index contributed by atoms with van der Waals surface area (Å²) in [5.74, 6) is 0. The lowest BCUT2D eigenvalue weighted by atomic mass is 9.69. The van der Waals surface area contributed by atoms with Gasteiger partial charge < -0.3 is 5.73 Å². The Labute approximate surface area is 85.8 Å². The van der Waals surface area contributed by atoms with Gasteiger partial charge in [0.05, 0.1) is 0 Å². The summed E-state index contributed by atoms with van der Waals surface area (Å²) in [6.45, 7) is 1.02. The monoisotopic (exact) mass is 221 g/mol. The predicted molar refractivity (Wildman–Crippen MR) is 55.9 cm³/mol. The summed E-state index contributed by atoms with van der Waals surface area (Å²) in [6, 6.07) is 0. The Balaban J connectivity index is 2.47. The SMILES string of the molecule is CN(C)S(=O)(=O)NCC1(CN)CCC1. The molecule has 0 amide bonds. The van der Waals surface area contributed by atoms with Crippen LogP contribution >= 0.6 is 0 Å². The van der Waals surface area contributed by atoms with Gasteiger partial charge in [-0.05, 0) is 24.8 Å². The van der Waals surface area contributed by atoms with Crippen molar-refractivity contribution in [3.8, 4) is 0 Å². The van der Waals surface area contributed by atoms with Gasteiger partial charge in [0.1, 0.15) is 0 Å². The number of hydrogen-bond acceptors (Lipinski definition) is 3. The maximum atomic E-state index is 11.4. The lowest BCUT2D eigenvalue weighted by Crippen LogP contribution is -2.49. The van der Waals surface area contributed by atoms with Crippen molar-refractivity contribution in [3.63, 3.8) is 0 Å². The fraction of sp³-hybridized carbons (Fsp3) is 1.00. The molecule has 1 fully saturated rings. The summed E-state index contributed by atoms with van der Waals surface area (Å²) in [5.41, 5.74) is 5.64. The number of nitrogens with one attached hydrogen (secondary N) is 1. The summed E-state index contributed by atoms with van der Waals surface area (Å²) in [7, 11) is -0.266. The van der Waals surface area contributed by atoms with Crippen LogP contribution < -0.4 is 10.5 Å². The van der Waals surface area contributed by atoms with Crippen molar-refractivity contribution >= 4 is 10.2 Å². The van der Waals surface area contributed by atoms with E-state index in [1.165, 1.54) is 18.4 Å². The maximum absolute atomic E-state index is 11.4. The van der Waals surface area contributed by atoms with Crippen LogP contribution in [0.5, 0.6) is 0 Å². The highest BCUT2D eigenvalue weighted by Gasteiger charge is 2.36. The van der Waals surface area contributed by atoms with Gasteiger partial charge in [-0.15, -0.1) is 0 Å². The van der Waals surface area contributed by atoms with E-state index in [4.69, 9.17) is 5.73 Å². The Morgan fingerprint density at radius 3 is 2.29 bits per heavy atom. The third kappa shape index (κ3) is 2.44. The first-order valence-corrected chi connectivity index (χ1v) is 6.23. The van der Waals surface area contributed by atoms with Crippen LogP contribution in [0.4, 0.5) is 0 Å². The Kier molecular flexibility index (Phi) is 3.52. The molecule has 84 valence electrons. The largest absolute Gasteiger partial charge is 0.330 e. The molecule has 0 aromatic rings. The lowest BCUT2D eigenvalue weighted by molar-refractivity contribution is 0.149. The molecule has 1 aliphatic carbocycles. The molecule has 1 saturated carbocycles. The van der Waals surface area contributed by atoms with Crippen molar-refractivity contribution in [1.29, 1.82) is 0 Å². The van der Waals surface area contributed by atoms with Gasteiger partial charge in [0.15, 0.2) is 0 Å². The standard InChI is InChI=1S/C8H19N3O2S/c1-11(2)14(12,13)10-7-8(6-9)4-3-5-8/h10H,3-7,9H2,1-2H3. The summed E-state index contributed by atoms with van der Waals surface area (Å²) in [5, 5.41) is 0. The Hall–Kier alpha value is -0.170. The van der Waals surface area contributed by atoms with Crippen molar-refractivity contribution in [3.05, 3.63) is 0 Å². The lowest BCUT2D eigenvalue weighted by Gasteiger charge is -2.41. The molecule has 0 saturated heterocycles. The molecule has 0 heterocycles. The van der Waals surface area contributed by atoms with Crippen molar-refractivity contribution in [2.45, 2.75) is 19.3 Å². The molecule has 0 atom stereocenters. The van der Waals surface area contributed by atoms with E-state index in [9.17, 15) is 8.42 Å². The first kappa shape index (κ1) is 11.9. The zero-order chi connectivity index (χ0) is 10.8. The summed E-state index contributed by atoms with van der Waals surface area (Å²) in [6.07, 6.45) is 3.21. The van der Waals surface area contributed by atoms with E-state index in [0.717, 1.165) is 19.3 Å². The molecule has 14 heavy (non-hydrogen) atoms. The van der Waals surface area contributed by atoms with Crippen LogP contribution in [0.1, 0.15) is 19.3 Å². The molecular weight excluding hydrogens is 202 g/mol. The highest BCUT2D eigenvalue weighted by molar-refractivity contribution is 7.87. The van der Waals surface area contributed by atoms with Gasteiger partial charge >= 0.3 is 0 Å². The van der Waals surface area contributed by atoms with Gasteiger partial charge in [0, 0.05) is 20.6 Å². The van der Waals surface area contributed by atoms with E-state index in [1.54, 1.807) is 0 Å². The van der Waals surface area contributed by atoms with Crippen LogP contribution in [0.25, 0.3) is 0 Å². The van der Waals surface area contributed by atoms with Gasteiger partial charge in [-0.25, -0.2) is 4.72 Å². The third-order valence-electron chi connectivity index (χ3n) is 2.96. The maximum Gasteiger partial charge on any atom is 0.278 e. The molecule has 0 aliphatic heterocycles. The fourth-order valence-corrected chi connectivity index (χ4v) is 2.25. The van der Waals surface area contributed by atoms with E-state index in [0.29, 0.717) is 13.1 Å². The van der Waals surface area contributed by atoms with Crippen LogP contribution in [0.2, 0.25) is 0 Å². The molecule has 0 spiro atoms. The molecule has 0 aromatic carbocycles. The van der Waals surface area contributed by atoms with Crippen LogP contribution in [0.15, 0.2) is 0 Å². The van der Waals surface area contributed by atoms with E-state index >= 15 is 0 Å². The number of rotatable bonds is 5. The predicted octanol–water partition coefficient (Wildman–Crippen LogP) is -0.489. The second kappa shape index (κ2) is 4.14. The average molecular weight is 221 g/mol. The molecular formula is C8H19N3O2S. The molecule has 0 radical (unpaired) electrons. The van der Waals surface area contributed by atoms with Gasteiger partial charge in [-0.2, -0.15) is 12.7 Å². The third-order valence-corrected chi connectivity index (χ3v) is 4.43. The summed E-state index contributed by atoms with van der Waals surface area (Å²) < 4.78 is 26.6. The molecule has 1 rings (SSSR count). The van der Waals surface area contributed by atoms with Gasteiger partial charge in [0.25, 0.3) is 10.2 Å². The fourth-order valence-electron chi connectivity index (χ4n) is 1.50. The molecule has 1 aliphatic rings. The minimum Gasteiger partial charge on any atom is -0.330 e. The van der Waals surface area contributed by atoms with E-state index < -0.39 is 10.2 Å². The molecule has 6 heteroatoms. The zero-order valence-electron chi connectivity index (χ0n) is 8.78. The quantitative estimate of drug-likeness (QED) is 0.658. The highest BCUT2D eigenvalue weighted by Crippen LogP contribution is 2.39. The topological polar surface area (TPSA) is 75.4 Å². The van der Waals surface area contributed by atoms with Crippen molar-refractivity contribution in [2.24, 2.45) is 11.1 Å². The minimum atomic E-state index is -3.29. The van der Waals surface area contributed by atoms with Gasteiger partial charge in [-0.1, -0.05) is 6.42 Å². The van der Waals surface area contributed by atoms with Crippen molar-refractivity contribution in [1.82, 2.24) is 9.03 Å². The van der Waals surface area contributed by atoms with Crippen LogP contribution in [0, 0.1) is 5.41 Å². The van der Waals surface area contributed by atoms with Crippen LogP contribution in [-0.2, 0) is 10.2 Å². The number of hydrogen-bond donors (Lipinski definition) is 2. The first-order chi connectivity index (χ1) is 6.42. The minimum absolute atomic E-state index is 0.0169. The van der Waals surface area contributed by atoms with Gasteiger partial charge in [-0.3, -0.25) is 0 Å². The number of nitrogens with zero attached hydrogens (tertiary/aromatic N) is 1. The van der Waals surface area contributed by atoms with E-state index in [-0.39, 0.29) is 5.41 Å². The Morgan fingerprint density at radius 1 is 1.43 bits per heavy atom. The number of nitrogens with two attached hydrogens (primary N) is 1. The van der Waals surface area contributed by atoms with E-state index in [2.05, 4.69) is 4.72 Å². The van der Waals surface area contributed by atoms with Gasteiger partial charge in [0.2, 0.25) is 0 Å². The highest BCUT2D eigenvalue weighted by atomic mass is 32.2. The normalized spacial score (nSPS) is 20.9. The van der Waals surface area contributed by atoms with Crippen LogP contribution in [0.3, 0.4) is 0 Å². The molecule has 0 aromatic heterocycles. The molecule has 5 nitrogen and oxygen atoms in total. The average Bonchev–Trinajstić information content (AvgIpc) is 2.02. The Morgan fingerprint density at radius 2 is 2.00 bits per heavy atom. The molecule has 3 N–H and O–H groups in total. The summed E-state index contributed by atoms with van der Waals surface area (Å²) >= 11 is 0. The van der Waals surface area contributed by atoms with Crippen LogP contribution in [-0.4, -0.2) is 39.9 Å².